The number of hydrogen-bond acceptors (Lipinski definition) is 7. The van der Waals surface area contributed by atoms with Crippen molar-refractivity contribution in [3.05, 3.63) is 44.3 Å². The van der Waals surface area contributed by atoms with Gasteiger partial charge in [0.1, 0.15) is 11.7 Å². The fourth-order valence-corrected chi connectivity index (χ4v) is 5.56. The quantitative estimate of drug-likeness (QED) is 0.624. The summed E-state index contributed by atoms with van der Waals surface area (Å²) in [6.07, 6.45) is 2.06. The zero-order valence-corrected chi connectivity index (χ0v) is 20.3. The molecule has 8 heteroatoms. The Hall–Kier alpha value is -1.90. The number of rotatable bonds is 5. The topological polar surface area (TPSA) is 76.1 Å². The minimum Gasteiger partial charge on any atom is -0.460 e. The average molecular weight is 466 g/mol. The van der Waals surface area contributed by atoms with Crippen molar-refractivity contribution in [2.75, 3.05) is 7.05 Å². The lowest BCUT2D eigenvalue weighted by Crippen LogP contribution is -2.44. The predicted molar refractivity (Wildman–Crippen MR) is 123 cm³/mol. The highest BCUT2D eigenvalue weighted by molar-refractivity contribution is 7.13. The first-order valence-corrected chi connectivity index (χ1v) is 12.2. The summed E-state index contributed by atoms with van der Waals surface area (Å²) in [6.45, 7) is 7.48. The number of carbonyl (C=O) groups is 2. The first-order valence-electron chi connectivity index (χ1n) is 10.5. The maximum Gasteiger partial charge on any atom is 0.410 e. The molecule has 0 saturated heterocycles. The SMILES string of the molecule is Cc1ccc([C@](O)(C(=O)O[C@H]2CC[C@H](N(C)C(=O)OC(C)(C)C)CC2)c2cccs2)s1. The van der Waals surface area contributed by atoms with E-state index >= 15 is 0 Å². The largest absolute Gasteiger partial charge is 0.460 e. The van der Waals surface area contributed by atoms with E-state index in [1.165, 1.54) is 22.7 Å². The number of aliphatic hydroxyl groups is 1. The van der Waals surface area contributed by atoms with Crippen molar-refractivity contribution in [2.45, 2.75) is 76.7 Å². The van der Waals surface area contributed by atoms with Crippen LogP contribution in [0.1, 0.15) is 61.1 Å². The third-order valence-electron chi connectivity index (χ3n) is 5.42. The minimum absolute atomic E-state index is 0.0425. The molecule has 1 amide bonds. The molecular formula is C23H31NO5S2. The Labute approximate surface area is 191 Å². The zero-order valence-electron chi connectivity index (χ0n) is 18.7. The Morgan fingerprint density at radius 1 is 1.10 bits per heavy atom. The van der Waals surface area contributed by atoms with Gasteiger partial charge in [0, 0.05) is 18.0 Å². The molecule has 0 unspecified atom stereocenters. The van der Waals surface area contributed by atoms with Crippen LogP contribution in [0.3, 0.4) is 0 Å². The van der Waals surface area contributed by atoms with E-state index in [1.54, 1.807) is 24.1 Å². The maximum absolute atomic E-state index is 13.2. The summed E-state index contributed by atoms with van der Waals surface area (Å²) in [5.74, 6) is -0.638. The maximum atomic E-state index is 13.2. The first kappa shape index (κ1) is 23.8. The fraction of sp³-hybridized carbons (Fsp3) is 0.565. The van der Waals surface area contributed by atoms with Crippen LogP contribution < -0.4 is 0 Å². The number of carbonyl (C=O) groups excluding carboxylic acids is 2. The Morgan fingerprint density at radius 3 is 2.29 bits per heavy atom. The molecule has 0 spiro atoms. The summed E-state index contributed by atoms with van der Waals surface area (Å²) in [6, 6.07) is 7.29. The van der Waals surface area contributed by atoms with Gasteiger partial charge < -0.3 is 19.5 Å². The lowest BCUT2D eigenvalue weighted by Gasteiger charge is -2.36. The molecule has 1 aliphatic rings. The number of aryl methyl sites for hydroxylation is 1. The van der Waals surface area contributed by atoms with Crippen LogP contribution in [0.5, 0.6) is 0 Å². The number of hydrogen-bond donors (Lipinski definition) is 1. The zero-order chi connectivity index (χ0) is 22.8. The second kappa shape index (κ2) is 9.30. The molecule has 31 heavy (non-hydrogen) atoms. The minimum atomic E-state index is -1.79. The predicted octanol–water partition coefficient (Wildman–Crippen LogP) is 5.08. The molecule has 1 atom stereocenters. The van der Waals surface area contributed by atoms with E-state index in [2.05, 4.69) is 0 Å². The number of ether oxygens (including phenoxy) is 2. The lowest BCUT2D eigenvalue weighted by atomic mass is 9.91. The van der Waals surface area contributed by atoms with Gasteiger partial charge >= 0.3 is 12.1 Å². The van der Waals surface area contributed by atoms with Gasteiger partial charge in [0.25, 0.3) is 0 Å². The molecule has 0 radical (unpaired) electrons. The number of esters is 1. The molecule has 2 aromatic heterocycles. The second-order valence-electron chi connectivity index (χ2n) is 9.03. The summed E-state index contributed by atoms with van der Waals surface area (Å²) >= 11 is 2.73. The van der Waals surface area contributed by atoms with Crippen molar-refractivity contribution in [3.8, 4) is 0 Å². The van der Waals surface area contributed by atoms with Crippen molar-refractivity contribution in [2.24, 2.45) is 0 Å². The van der Waals surface area contributed by atoms with Crippen molar-refractivity contribution >= 4 is 34.7 Å². The van der Waals surface area contributed by atoms with Crippen LogP contribution in [-0.4, -0.2) is 46.9 Å². The van der Waals surface area contributed by atoms with Gasteiger partial charge in [-0.25, -0.2) is 9.59 Å². The highest BCUT2D eigenvalue weighted by Gasteiger charge is 2.45. The smallest absolute Gasteiger partial charge is 0.410 e. The number of nitrogens with zero attached hydrogens (tertiary/aromatic N) is 1. The fourth-order valence-electron chi connectivity index (χ4n) is 3.71. The van der Waals surface area contributed by atoms with E-state index in [4.69, 9.17) is 9.47 Å². The van der Waals surface area contributed by atoms with E-state index in [-0.39, 0.29) is 18.2 Å². The van der Waals surface area contributed by atoms with Crippen LogP contribution in [0.15, 0.2) is 29.6 Å². The molecular weight excluding hydrogens is 434 g/mol. The van der Waals surface area contributed by atoms with Crippen LogP contribution in [0.25, 0.3) is 0 Å². The van der Waals surface area contributed by atoms with E-state index < -0.39 is 17.2 Å². The van der Waals surface area contributed by atoms with E-state index in [9.17, 15) is 14.7 Å². The second-order valence-corrected chi connectivity index (χ2v) is 11.3. The summed E-state index contributed by atoms with van der Waals surface area (Å²) < 4.78 is 11.3. The monoisotopic (exact) mass is 465 g/mol. The van der Waals surface area contributed by atoms with Gasteiger partial charge in [-0.05, 0) is 77.0 Å². The highest BCUT2D eigenvalue weighted by Crippen LogP contribution is 2.39. The van der Waals surface area contributed by atoms with Gasteiger partial charge in [-0.15, -0.1) is 22.7 Å². The Bertz CT molecular complexity index is 893. The molecule has 1 aliphatic carbocycles. The normalized spacial score (nSPS) is 21.2. The molecule has 0 aliphatic heterocycles. The van der Waals surface area contributed by atoms with Crippen LogP contribution in [0, 0.1) is 6.92 Å². The molecule has 0 aromatic carbocycles. The summed E-state index contributed by atoms with van der Waals surface area (Å²) in [5.41, 5.74) is -2.33. The van der Waals surface area contributed by atoms with Gasteiger partial charge in [0.05, 0.1) is 9.75 Å². The third-order valence-corrected chi connectivity index (χ3v) is 7.50. The molecule has 0 bridgehead atoms. The van der Waals surface area contributed by atoms with Crippen molar-refractivity contribution in [1.29, 1.82) is 0 Å². The summed E-state index contributed by atoms with van der Waals surface area (Å²) in [7, 11) is 1.75. The Kier molecular flexibility index (Phi) is 7.13. The van der Waals surface area contributed by atoms with Gasteiger partial charge in [0.2, 0.25) is 5.60 Å². The number of thiophene rings is 2. The van der Waals surface area contributed by atoms with Gasteiger partial charge in [-0.1, -0.05) is 6.07 Å². The third kappa shape index (κ3) is 5.48. The van der Waals surface area contributed by atoms with Crippen LogP contribution in [-0.2, 0) is 19.9 Å². The molecule has 2 aromatic rings. The Balaban J connectivity index is 1.64. The molecule has 170 valence electrons. The summed E-state index contributed by atoms with van der Waals surface area (Å²) in [5, 5.41) is 13.3. The van der Waals surface area contributed by atoms with E-state index in [0.717, 1.165) is 4.88 Å². The Morgan fingerprint density at radius 2 is 1.77 bits per heavy atom. The lowest BCUT2D eigenvalue weighted by molar-refractivity contribution is -0.169. The van der Waals surface area contributed by atoms with Crippen LogP contribution in [0.2, 0.25) is 0 Å². The van der Waals surface area contributed by atoms with Crippen molar-refractivity contribution in [3.63, 3.8) is 0 Å². The number of amides is 1. The van der Waals surface area contributed by atoms with Gasteiger partial charge in [-0.2, -0.15) is 0 Å². The van der Waals surface area contributed by atoms with Crippen LogP contribution in [0.4, 0.5) is 4.79 Å². The molecule has 2 heterocycles. The first-order chi connectivity index (χ1) is 14.5. The average Bonchev–Trinajstić information content (AvgIpc) is 3.38. The van der Waals surface area contributed by atoms with E-state index in [0.29, 0.717) is 35.4 Å². The molecule has 1 fully saturated rings. The highest BCUT2D eigenvalue weighted by atomic mass is 32.1. The van der Waals surface area contributed by atoms with Crippen LogP contribution >= 0.6 is 22.7 Å². The molecule has 3 rings (SSSR count). The van der Waals surface area contributed by atoms with Crippen molar-refractivity contribution < 1.29 is 24.2 Å². The standard InChI is InChI=1S/C23H31NO5S2/c1-15-8-13-19(31-15)23(27,18-7-6-14-30-18)20(25)28-17-11-9-16(10-12-17)24(5)21(26)29-22(2,3)4/h6-8,13-14,16-17,27H,9-12H2,1-5H3/t16-,17-,23-/m0/s1. The van der Waals surface area contributed by atoms with Gasteiger partial charge in [-0.3, -0.25) is 0 Å². The van der Waals surface area contributed by atoms with E-state index in [1.807, 2.05) is 45.2 Å². The molecule has 1 N–H and O–H groups in total. The summed E-state index contributed by atoms with van der Waals surface area (Å²) in [4.78, 5) is 29.3. The van der Waals surface area contributed by atoms with Crippen molar-refractivity contribution in [1.82, 2.24) is 4.90 Å². The van der Waals surface area contributed by atoms with Gasteiger partial charge in [0.15, 0.2) is 0 Å². The molecule has 6 nitrogen and oxygen atoms in total. The molecule has 1 saturated carbocycles.